The van der Waals surface area contributed by atoms with E-state index in [9.17, 15) is 4.79 Å². The molecule has 0 heterocycles. The van der Waals surface area contributed by atoms with Crippen LogP contribution >= 0.6 is 0 Å². The lowest BCUT2D eigenvalue weighted by Gasteiger charge is -2.14. The Morgan fingerprint density at radius 2 is 2.12 bits per heavy atom. The van der Waals surface area contributed by atoms with Crippen molar-refractivity contribution in [1.82, 2.24) is 0 Å². The molecule has 3 heteroatoms. The fourth-order valence-corrected chi connectivity index (χ4v) is 1.44. The maximum Gasteiger partial charge on any atom is 0.310 e. The van der Waals surface area contributed by atoms with E-state index in [1.807, 2.05) is 25.2 Å². The van der Waals surface area contributed by atoms with Crippen LogP contribution < -0.4 is 10.1 Å². The van der Waals surface area contributed by atoms with Gasteiger partial charge in [0.15, 0.2) is 0 Å². The van der Waals surface area contributed by atoms with Crippen molar-refractivity contribution < 1.29 is 9.53 Å². The highest BCUT2D eigenvalue weighted by Crippen LogP contribution is 2.29. The number of benzene rings is 1. The molecule has 0 saturated carbocycles. The van der Waals surface area contributed by atoms with E-state index in [1.54, 1.807) is 6.92 Å². The quantitative estimate of drug-likeness (QED) is 0.627. The van der Waals surface area contributed by atoms with Gasteiger partial charge < -0.3 is 10.1 Å². The number of hydrogen-bond acceptors (Lipinski definition) is 3. The number of rotatable bonds is 4. The van der Waals surface area contributed by atoms with Gasteiger partial charge in [0, 0.05) is 19.2 Å². The summed E-state index contributed by atoms with van der Waals surface area (Å²) < 4.78 is 5.29. The maximum absolute atomic E-state index is 11.3. The number of carbonyl (C=O) groups is 1. The van der Waals surface area contributed by atoms with Crippen LogP contribution in [0.15, 0.2) is 18.2 Å². The van der Waals surface area contributed by atoms with Crippen LogP contribution in [0.2, 0.25) is 0 Å². The van der Waals surface area contributed by atoms with Crippen molar-refractivity contribution in [3.63, 3.8) is 0 Å². The molecule has 0 aliphatic carbocycles. The lowest BCUT2D eigenvalue weighted by Crippen LogP contribution is -2.08. The minimum absolute atomic E-state index is 0.195. The predicted molar refractivity (Wildman–Crippen MR) is 66.0 cm³/mol. The predicted octanol–water partition coefficient (Wildman–Crippen LogP) is 3.17. The Labute approximate surface area is 96.8 Å². The third-order valence-electron chi connectivity index (χ3n) is 2.43. The van der Waals surface area contributed by atoms with Crippen molar-refractivity contribution in [2.75, 3.05) is 12.4 Å². The molecule has 0 aromatic heterocycles. The van der Waals surface area contributed by atoms with Gasteiger partial charge in [0.25, 0.3) is 0 Å². The second kappa shape index (κ2) is 5.54. The molecule has 0 bridgehead atoms. The third-order valence-corrected chi connectivity index (χ3v) is 2.43. The van der Waals surface area contributed by atoms with E-state index in [-0.39, 0.29) is 5.97 Å². The van der Waals surface area contributed by atoms with Crippen molar-refractivity contribution in [2.24, 2.45) is 0 Å². The third kappa shape index (κ3) is 2.99. The Balaban J connectivity index is 3.03. The molecule has 0 atom stereocenters. The summed E-state index contributed by atoms with van der Waals surface area (Å²) in [6, 6.07) is 5.77. The van der Waals surface area contributed by atoms with Gasteiger partial charge in [0.2, 0.25) is 0 Å². The molecular formula is C13H19NO2. The first-order chi connectivity index (χ1) is 7.58. The molecule has 0 radical (unpaired) electrons. The maximum atomic E-state index is 11.3. The van der Waals surface area contributed by atoms with Gasteiger partial charge in [-0.15, -0.1) is 0 Å². The lowest BCUT2D eigenvalue weighted by atomic mass is 10.0. The average Bonchev–Trinajstić information content (AvgIpc) is 2.29. The molecule has 16 heavy (non-hydrogen) atoms. The number of hydrogen-bond donors (Lipinski definition) is 1. The monoisotopic (exact) mass is 221 g/mol. The van der Waals surface area contributed by atoms with Crippen molar-refractivity contribution >= 4 is 11.7 Å². The van der Waals surface area contributed by atoms with Crippen LogP contribution in [0.25, 0.3) is 0 Å². The molecule has 3 nitrogen and oxygen atoms in total. The summed E-state index contributed by atoms with van der Waals surface area (Å²) in [5.41, 5.74) is 2.08. The zero-order valence-electron chi connectivity index (χ0n) is 10.3. The standard InChI is InChI=1S/C13H19NO2/c1-5-13(15)16-12-7-6-10(14-4)8-11(12)9(2)3/h6-9,14H,5H2,1-4H3. The van der Waals surface area contributed by atoms with Crippen molar-refractivity contribution in [1.29, 1.82) is 0 Å². The van der Waals surface area contributed by atoms with E-state index in [0.717, 1.165) is 11.3 Å². The smallest absolute Gasteiger partial charge is 0.310 e. The molecule has 0 aliphatic rings. The van der Waals surface area contributed by atoms with Gasteiger partial charge in [-0.3, -0.25) is 4.79 Å². The van der Waals surface area contributed by atoms with Crippen LogP contribution in [0, 0.1) is 0 Å². The van der Waals surface area contributed by atoms with Crippen LogP contribution in [0.1, 0.15) is 38.7 Å². The van der Waals surface area contributed by atoms with E-state index in [2.05, 4.69) is 19.2 Å². The Morgan fingerprint density at radius 3 is 2.62 bits per heavy atom. The van der Waals surface area contributed by atoms with Gasteiger partial charge in [0.05, 0.1) is 0 Å². The molecule has 0 amide bonds. The van der Waals surface area contributed by atoms with Crippen molar-refractivity contribution in [2.45, 2.75) is 33.1 Å². The topological polar surface area (TPSA) is 38.3 Å². The number of nitrogens with one attached hydrogen (secondary N) is 1. The summed E-state index contributed by atoms with van der Waals surface area (Å²) in [4.78, 5) is 11.3. The summed E-state index contributed by atoms with van der Waals surface area (Å²) in [5.74, 6) is 0.799. The van der Waals surface area contributed by atoms with Crippen LogP contribution in [0.4, 0.5) is 5.69 Å². The van der Waals surface area contributed by atoms with E-state index in [4.69, 9.17) is 4.74 Å². The van der Waals surface area contributed by atoms with Gasteiger partial charge in [0.1, 0.15) is 5.75 Å². The zero-order chi connectivity index (χ0) is 12.1. The Morgan fingerprint density at radius 1 is 1.44 bits per heavy atom. The minimum atomic E-state index is -0.195. The fourth-order valence-electron chi connectivity index (χ4n) is 1.44. The Hall–Kier alpha value is -1.51. The summed E-state index contributed by atoms with van der Waals surface area (Å²) >= 11 is 0. The summed E-state index contributed by atoms with van der Waals surface area (Å²) in [6.07, 6.45) is 0.394. The Bertz CT molecular complexity index is 372. The van der Waals surface area contributed by atoms with Gasteiger partial charge >= 0.3 is 5.97 Å². The number of esters is 1. The van der Waals surface area contributed by atoms with E-state index in [1.165, 1.54) is 0 Å². The van der Waals surface area contributed by atoms with Crippen LogP contribution in [0.3, 0.4) is 0 Å². The molecule has 0 spiro atoms. The molecule has 1 aromatic carbocycles. The van der Waals surface area contributed by atoms with Crippen LogP contribution in [-0.4, -0.2) is 13.0 Å². The van der Waals surface area contributed by atoms with E-state index >= 15 is 0 Å². The summed E-state index contributed by atoms with van der Waals surface area (Å²) in [5, 5.41) is 3.08. The molecule has 0 fully saturated rings. The molecule has 0 aliphatic heterocycles. The number of ether oxygens (including phenoxy) is 1. The van der Waals surface area contributed by atoms with Crippen LogP contribution in [0.5, 0.6) is 5.75 Å². The number of anilines is 1. The molecule has 0 saturated heterocycles. The molecule has 88 valence electrons. The average molecular weight is 221 g/mol. The molecule has 1 N–H and O–H groups in total. The first-order valence-electron chi connectivity index (χ1n) is 5.60. The molecule has 0 unspecified atom stereocenters. The zero-order valence-corrected chi connectivity index (χ0v) is 10.3. The van der Waals surface area contributed by atoms with Gasteiger partial charge in [-0.1, -0.05) is 20.8 Å². The van der Waals surface area contributed by atoms with Gasteiger partial charge in [-0.25, -0.2) is 0 Å². The Kier molecular flexibility index (Phi) is 4.35. The normalized spacial score (nSPS) is 10.3. The van der Waals surface area contributed by atoms with Crippen LogP contribution in [-0.2, 0) is 4.79 Å². The second-order valence-corrected chi connectivity index (χ2v) is 3.98. The van der Waals surface area contributed by atoms with Gasteiger partial charge in [-0.05, 0) is 29.7 Å². The highest BCUT2D eigenvalue weighted by atomic mass is 16.5. The summed E-state index contributed by atoms with van der Waals surface area (Å²) in [6.45, 7) is 5.95. The number of carbonyl (C=O) groups excluding carboxylic acids is 1. The van der Waals surface area contributed by atoms with E-state index in [0.29, 0.717) is 18.1 Å². The van der Waals surface area contributed by atoms with Crippen molar-refractivity contribution in [3.8, 4) is 5.75 Å². The lowest BCUT2D eigenvalue weighted by molar-refractivity contribution is -0.134. The highest BCUT2D eigenvalue weighted by Gasteiger charge is 2.11. The first-order valence-corrected chi connectivity index (χ1v) is 5.60. The minimum Gasteiger partial charge on any atom is -0.426 e. The first kappa shape index (κ1) is 12.6. The van der Waals surface area contributed by atoms with Gasteiger partial charge in [-0.2, -0.15) is 0 Å². The fraction of sp³-hybridized carbons (Fsp3) is 0.462. The molecule has 1 rings (SSSR count). The summed E-state index contributed by atoms with van der Waals surface area (Å²) in [7, 11) is 1.87. The highest BCUT2D eigenvalue weighted by molar-refractivity contribution is 5.72. The molecular weight excluding hydrogens is 202 g/mol. The second-order valence-electron chi connectivity index (χ2n) is 3.98. The van der Waals surface area contributed by atoms with Crippen molar-refractivity contribution in [3.05, 3.63) is 23.8 Å². The van der Waals surface area contributed by atoms with E-state index < -0.39 is 0 Å². The molecule has 1 aromatic rings. The SMILES string of the molecule is CCC(=O)Oc1ccc(NC)cc1C(C)C. The largest absolute Gasteiger partial charge is 0.426 e.